The van der Waals surface area contributed by atoms with Gasteiger partial charge in [0, 0.05) is 22.8 Å². The van der Waals surface area contributed by atoms with Gasteiger partial charge in [0.25, 0.3) is 5.91 Å². The van der Waals surface area contributed by atoms with Crippen molar-refractivity contribution in [1.82, 2.24) is 20.4 Å². The number of aromatic nitrogens is 3. The first-order chi connectivity index (χ1) is 10.6. The van der Waals surface area contributed by atoms with Crippen LogP contribution < -0.4 is 5.32 Å². The van der Waals surface area contributed by atoms with Crippen molar-refractivity contribution in [3.8, 4) is 11.4 Å². The van der Waals surface area contributed by atoms with Crippen molar-refractivity contribution in [2.75, 3.05) is 0 Å². The van der Waals surface area contributed by atoms with E-state index in [9.17, 15) is 4.79 Å². The Morgan fingerprint density at radius 3 is 2.77 bits per heavy atom. The maximum absolute atomic E-state index is 12.1. The Bertz CT molecular complexity index is 775. The quantitative estimate of drug-likeness (QED) is 0.801. The summed E-state index contributed by atoms with van der Waals surface area (Å²) in [5.41, 5.74) is 1.94. The van der Waals surface area contributed by atoms with Crippen LogP contribution in [0, 0.1) is 13.8 Å². The molecule has 0 aromatic carbocycles. The molecule has 1 N–H and O–H groups in total. The van der Waals surface area contributed by atoms with E-state index in [4.69, 9.17) is 4.52 Å². The molecule has 0 aliphatic carbocycles. The van der Waals surface area contributed by atoms with E-state index in [0.717, 1.165) is 16.0 Å². The van der Waals surface area contributed by atoms with Crippen molar-refractivity contribution in [1.29, 1.82) is 0 Å². The molecule has 0 atom stereocenters. The van der Waals surface area contributed by atoms with Crippen LogP contribution in [0.5, 0.6) is 0 Å². The Morgan fingerprint density at radius 1 is 1.32 bits per heavy atom. The molecule has 0 aliphatic rings. The smallest absolute Gasteiger partial charge is 0.261 e. The summed E-state index contributed by atoms with van der Waals surface area (Å²) >= 11 is 1.47. The van der Waals surface area contributed by atoms with Crippen LogP contribution in [0.4, 0.5) is 0 Å². The minimum absolute atomic E-state index is 0.134. The summed E-state index contributed by atoms with van der Waals surface area (Å²) in [6.45, 7) is 4.18. The summed E-state index contributed by atoms with van der Waals surface area (Å²) in [5, 5.41) is 6.68. The number of thiophene rings is 1. The van der Waals surface area contributed by atoms with Crippen molar-refractivity contribution >= 4 is 17.2 Å². The monoisotopic (exact) mass is 314 g/mol. The molecule has 22 heavy (non-hydrogen) atoms. The molecule has 0 saturated heterocycles. The summed E-state index contributed by atoms with van der Waals surface area (Å²) in [7, 11) is 0. The van der Waals surface area contributed by atoms with Gasteiger partial charge in [-0.05, 0) is 37.6 Å². The third-order valence-electron chi connectivity index (χ3n) is 3.20. The largest absolute Gasteiger partial charge is 0.342 e. The third kappa shape index (κ3) is 3.04. The Balaban J connectivity index is 1.65. The van der Waals surface area contributed by atoms with E-state index >= 15 is 0 Å². The number of aryl methyl sites for hydroxylation is 2. The lowest BCUT2D eigenvalue weighted by atomic mass is 10.2. The molecule has 0 unspecified atom stereocenters. The number of carbonyl (C=O) groups excluding carboxylic acids is 1. The molecular formula is C15H14N4O2S. The molecule has 0 fully saturated rings. The van der Waals surface area contributed by atoms with Gasteiger partial charge in [0.1, 0.15) is 0 Å². The summed E-state index contributed by atoms with van der Waals surface area (Å²) < 4.78 is 5.14. The first-order valence-corrected chi connectivity index (χ1v) is 7.53. The van der Waals surface area contributed by atoms with Crippen LogP contribution in [-0.2, 0) is 6.54 Å². The van der Waals surface area contributed by atoms with E-state index in [0.29, 0.717) is 16.6 Å². The molecule has 112 valence electrons. The lowest BCUT2D eigenvalue weighted by molar-refractivity contribution is 0.0950. The average molecular weight is 314 g/mol. The van der Waals surface area contributed by atoms with Gasteiger partial charge < -0.3 is 9.84 Å². The Kier molecular flexibility index (Phi) is 3.97. The number of hydrogen-bond acceptors (Lipinski definition) is 6. The third-order valence-corrected chi connectivity index (χ3v) is 4.35. The Hall–Kier alpha value is -2.54. The standard InChI is InChI=1S/C15H14N4O2S/c1-9-7-12(22-10(9)2)15(20)17-8-13-18-14(19-21-13)11-3-5-16-6-4-11/h3-7H,8H2,1-2H3,(H,17,20). The van der Waals surface area contributed by atoms with Gasteiger partial charge in [-0.15, -0.1) is 11.3 Å². The molecule has 1 amide bonds. The highest BCUT2D eigenvalue weighted by Gasteiger charge is 2.13. The number of carbonyl (C=O) groups is 1. The zero-order chi connectivity index (χ0) is 15.5. The van der Waals surface area contributed by atoms with Crippen molar-refractivity contribution < 1.29 is 9.32 Å². The van der Waals surface area contributed by atoms with Crippen LogP contribution in [0.1, 0.15) is 26.0 Å². The maximum atomic E-state index is 12.1. The predicted octanol–water partition coefficient (Wildman–Crippen LogP) is 2.74. The van der Waals surface area contributed by atoms with Crippen LogP contribution in [0.2, 0.25) is 0 Å². The molecule has 0 radical (unpaired) electrons. The second-order valence-corrected chi connectivity index (χ2v) is 6.04. The maximum Gasteiger partial charge on any atom is 0.261 e. The van der Waals surface area contributed by atoms with E-state index in [2.05, 4.69) is 20.4 Å². The van der Waals surface area contributed by atoms with Gasteiger partial charge in [0.15, 0.2) is 0 Å². The normalized spacial score (nSPS) is 10.6. The number of nitrogens with one attached hydrogen (secondary N) is 1. The zero-order valence-electron chi connectivity index (χ0n) is 12.2. The van der Waals surface area contributed by atoms with Crippen LogP contribution >= 0.6 is 11.3 Å². The number of amides is 1. The summed E-state index contributed by atoms with van der Waals surface area (Å²) in [4.78, 5) is 22.1. The highest BCUT2D eigenvalue weighted by molar-refractivity contribution is 7.14. The average Bonchev–Trinajstić information content (AvgIpc) is 3.13. The molecule has 3 aromatic rings. The van der Waals surface area contributed by atoms with E-state index in [1.54, 1.807) is 24.5 Å². The number of nitrogens with zero attached hydrogens (tertiary/aromatic N) is 3. The van der Waals surface area contributed by atoms with E-state index in [1.807, 2.05) is 19.9 Å². The molecule has 0 aliphatic heterocycles. The fourth-order valence-electron chi connectivity index (χ4n) is 1.87. The van der Waals surface area contributed by atoms with Crippen LogP contribution in [-0.4, -0.2) is 21.0 Å². The Labute approximate surface area is 131 Å². The van der Waals surface area contributed by atoms with Gasteiger partial charge in [0.05, 0.1) is 11.4 Å². The van der Waals surface area contributed by atoms with E-state index < -0.39 is 0 Å². The minimum Gasteiger partial charge on any atom is -0.342 e. The second-order valence-electron chi connectivity index (χ2n) is 4.78. The number of rotatable bonds is 4. The summed E-state index contributed by atoms with van der Waals surface area (Å²) in [6.07, 6.45) is 3.32. The highest BCUT2D eigenvalue weighted by atomic mass is 32.1. The summed E-state index contributed by atoms with van der Waals surface area (Å²) in [5.74, 6) is 0.712. The van der Waals surface area contributed by atoms with Crippen molar-refractivity contribution in [2.45, 2.75) is 20.4 Å². The first kappa shape index (κ1) is 14.4. The molecule has 6 nitrogen and oxygen atoms in total. The van der Waals surface area contributed by atoms with Gasteiger partial charge in [-0.2, -0.15) is 4.98 Å². The number of pyridine rings is 1. The molecule has 7 heteroatoms. The predicted molar refractivity (Wildman–Crippen MR) is 82.5 cm³/mol. The van der Waals surface area contributed by atoms with Crippen LogP contribution in [0.15, 0.2) is 35.1 Å². The Morgan fingerprint density at radius 2 is 2.09 bits per heavy atom. The lowest BCUT2D eigenvalue weighted by Gasteiger charge is -1.98. The molecule has 3 rings (SSSR count). The van der Waals surface area contributed by atoms with Crippen LogP contribution in [0.3, 0.4) is 0 Å². The number of hydrogen-bond donors (Lipinski definition) is 1. The van der Waals surface area contributed by atoms with Gasteiger partial charge in [-0.25, -0.2) is 0 Å². The molecule has 0 bridgehead atoms. The molecule has 0 saturated carbocycles. The lowest BCUT2D eigenvalue weighted by Crippen LogP contribution is -2.21. The van der Waals surface area contributed by atoms with E-state index in [1.165, 1.54) is 11.3 Å². The van der Waals surface area contributed by atoms with Crippen molar-refractivity contribution in [3.05, 3.63) is 51.8 Å². The topological polar surface area (TPSA) is 80.9 Å². The van der Waals surface area contributed by atoms with Crippen molar-refractivity contribution in [3.63, 3.8) is 0 Å². The first-order valence-electron chi connectivity index (χ1n) is 6.71. The fraction of sp³-hybridized carbons (Fsp3) is 0.200. The van der Waals surface area contributed by atoms with Gasteiger partial charge in [-0.1, -0.05) is 5.16 Å². The van der Waals surface area contributed by atoms with Crippen molar-refractivity contribution in [2.24, 2.45) is 0 Å². The molecule has 0 spiro atoms. The molecular weight excluding hydrogens is 300 g/mol. The minimum atomic E-state index is -0.134. The SMILES string of the molecule is Cc1cc(C(=O)NCc2nc(-c3ccncc3)no2)sc1C. The highest BCUT2D eigenvalue weighted by Crippen LogP contribution is 2.20. The van der Waals surface area contributed by atoms with Gasteiger partial charge in [-0.3, -0.25) is 9.78 Å². The van der Waals surface area contributed by atoms with E-state index in [-0.39, 0.29) is 12.5 Å². The van der Waals surface area contributed by atoms with Crippen LogP contribution in [0.25, 0.3) is 11.4 Å². The zero-order valence-corrected chi connectivity index (χ0v) is 13.0. The molecule has 3 heterocycles. The molecule has 3 aromatic heterocycles. The fourth-order valence-corrected chi connectivity index (χ4v) is 2.82. The van der Waals surface area contributed by atoms with Gasteiger partial charge in [0.2, 0.25) is 11.7 Å². The summed E-state index contributed by atoms with van der Waals surface area (Å²) in [6, 6.07) is 5.47. The second kappa shape index (κ2) is 6.07. The van der Waals surface area contributed by atoms with Gasteiger partial charge >= 0.3 is 0 Å².